The monoisotopic (exact) mass is 249 g/mol. The average molecular weight is 249 g/mol. The molecule has 92 valence electrons. The molecule has 0 unspecified atom stereocenters. The molecule has 5 heteroatoms. The zero-order chi connectivity index (χ0) is 13.1. The fraction of sp³-hybridized carbons (Fsp3) is 0.0769. The number of halogens is 2. The number of aryl methyl sites for hydroxylation is 1. The summed E-state index contributed by atoms with van der Waals surface area (Å²) in [6, 6.07) is 4.87. The van der Waals surface area contributed by atoms with Gasteiger partial charge in [0.1, 0.15) is 12.0 Å². The lowest BCUT2D eigenvalue weighted by Gasteiger charge is -2.08. The van der Waals surface area contributed by atoms with E-state index < -0.39 is 17.4 Å². The quantitative estimate of drug-likeness (QED) is 0.783. The number of carbonyl (C=O) groups is 1. The van der Waals surface area contributed by atoms with Gasteiger partial charge in [-0.1, -0.05) is 0 Å². The first-order valence-corrected chi connectivity index (χ1v) is 5.15. The summed E-state index contributed by atoms with van der Waals surface area (Å²) < 4.78 is 32.2. The Kier molecular flexibility index (Phi) is 3.32. The lowest BCUT2D eigenvalue weighted by molar-refractivity contribution is 0.112. The Morgan fingerprint density at radius 3 is 2.44 bits per heavy atom. The van der Waals surface area contributed by atoms with Gasteiger partial charge in [0.2, 0.25) is 0 Å². The minimum absolute atomic E-state index is 0.0803. The van der Waals surface area contributed by atoms with Gasteiger partial charge in [-0.05, 0) is 25.1 Å². The SMILES string of the molecule is Cc1cc(Oc2c(F)cc(C=O)cc2F)ccn1. The van der Waals surface area contributed by atoms with Crippen molar-refractivity contribution in [1.82, 2.24) is 4.98 Å². The van der Waals surface area contributed by atoms with Crippen molar-refractivity contribution in [3.8, 4) is 11.5 Å². The molecular weight excluding hydrogens is 240 g/mol. The largest absolute Gasteiger partial charge is 0.451 e. The summed E-state index contributed by atoms with van der Waals surface area (Å²) in [5.41, 5.74) is 0.584. The number of hydrogen-bond acceptors (Lipinski definition) is 3. The molecule has 0 aliphatic rings. The van der Waals surface area contributed by atoms with Crippen molar-refractivity contribution in [3.63, 3.8) is 0 Å². The first-order valence-electron chi connectivity index (χ1n) is 5.15. The topological polar surface area (TPSA) is 39.2 Å². The van der Waals surface area contributed by atoms with Gasteiger partial charge >= 0.3 is 0 Å². The van der Waals surface area contributed by atoms with E-state index in [2.05, 4.69) is 4.98 Å². The molecule has 0 aliphatic heterocycles. The summed E-state index contributed by atoms with van der Waals surface area (Å²) in [5, 5.41) is 0. The predicted molar refractivity (Wildman–Crippen MR) is 60.8 cm³/mol. The molecule has 3 nitrogen and oxygen atoms in total. The van der Waals surface area contributed by atoms with E-state index in [1.54, 1.807) is 13.0 Å². The third-order valence-corrected chi connectivity index (χ3v) is 2.24. The molecule has 0 N–H and O–H groups in total. The molecule has 0 fully saturated rings. The Morgan fingerprint density at radius 1 is 1.22 bits per heavy atom. The number of rotatable bonds is 3. The number of aromatic nitrogens is 1. The minimum atomic E-state index is -0.924. The van der Waals surface area contributed by atoms with Gasteiger partial charge in [-0.25, -0.2) is 8.78 Å². The highest BCUT2D eigenvalue weighted by molar-refractivity contribution is 5.75. The second-order valence-electron chi connectivity index (χ2n) is 3.67. The van der Waals surface area contributed by atoms with Crippen molar-refractivity contribution >= 4 is 6.29 Å². The van der Waals surface area contributed by atoms with E-state index in [0.717, 1.165) is 12.1 Å². The third-order valence-electron chi connectivity index (χ3n) is 2.24. The van der Waals surface area contributed by atoms with E-state index in [4.69, 9.17) is 4.74 Å². The van der Waals surface area contributed by atoms with Gasteiger partial charge in [0.15, 0.2) is 17.4 Å². The maximum atomic E-state index is 13.5. The van der Waals surface area contributed by atoms with E-state index in [9.17, 15) is 13.6 Å². The number of carbonyl (C=O) groups excluding carboxylic acids is 1. The molecule has 0 radical (unpaired) electrons. The van der Waals surface area contributed by atoms with E-state index >= 15 is 0 Å². The lowest BCUT2D eigenvalue weighted by Crippen LogP contribution is -1.95. The molecule has 1 heterocycles. The Bertz CT molecular complexity index is 576. The molecule has 0 saturated carbocycles. The normalized spacial score (nSPS) is 10.2. The fourth-order valence-corrected chi connectivity index (χ4v) is 1.45. The number of benzene rings is 1. The number of nitrogens with zero attached hydrogens (tertiary/aromatic N) is 1. The van der Waals surface area contributed by atoms with Crippen molar-refractivity contribution < 1.29 is 18.3 Å². The van der Waals surface area contributed by atoms with Gasteiger partial charge in [-0.3, -0.25) is 9.78 Å². The van der Waals surface area contributed by atoms with Crippen molar-refractivity contribution in [2.45, 2.75) is 6.92 Å². The molecule has 0 saturated heterocycles. The molecule has 0 amide bonds. The molecule has 2 aromatic rings. The fourth-order valence-electron chi connectivity index (χ4n) is 1.45. The second kappa shape index (κ2) is 4.91. The van der Waals surface area contributed by atoms with E-state index in [0.29, 0.717) is 12.0 Å². The number of hydrogen-bond donors (Lipinski definition) is 0. The highest BCUT2D eigenvalue weighted by atomic mass is 19.1. The van der Waals surface area contributed by atoms with Gasteiger partial charge in [0, 0.05) is 23.5 Å². The summed E-state index contributed by atoms with van der Waals surface area (Å²) in [6.45, 7) is 1.73. The van der Waals surface area contributed by atoms with Crippen LogP contribution in [0, 0.1) is 18.6 Å². The van der Waals surface area contributed by atoms with E-state index in [1.807, 2.05) is 0 Å². The average Bonchev–Trinajstić information content (AvgIpc) is 2.33. The van der Waals surface area contributed by atoms with Gasteiger partial charge in [-0.2, -0.15) is 0 Å². The number of pyridine rings is 1. The molecule has 0 spiro atoms. The molecular formula is C13H9F2NO2. The number of ether oxygens (including phenoxy) is 1. The highest BCUT2D eigenvalue weighted by Gasteiger charge is 2.13. The van der Waals surface area contributed by atoms with Crippen LogP contribution >= 0.6 is 0 Å². The van der Waals surface area contributed by atoms with Crippen LogP contribution in [0.25, 0.3) is 0 Å². The first-order chi connectivity index (χ1) is 8.60. The zero-order valence-electron chi connectivity index (χ0n) is 9.48. The van der Waals surface area contributed by atoms with Gasteiger partial charge in [0.05, 0.1) is 0 Å². The van der Waals surface area contributed by atoms with E-state index in [-0.39, 0.29) is 11.3 Å². The van der Waals surface area contributed by atoms with E-state index in [1.165, 1.54) is 12.3 Å². The molecule has 18 heavy (non-hydrogen) atoms. The Morgan fingerprint density at radius 2 is 1.89 bits per heavy atom. The van der Waals surface area contributed by atoms with Crippen molar-refractivity contribution in [1.29, 1.82) is 0 Å². The first kappa shape index (κ1) is 12.2. The Hall–Kier alpha value is -2.30. The van der Waals surface area contributed by atoms with Gasteiger partial charge in [-0.15, -0.1) is 0 Å². The maximum Gasteiger partial charge on any atom is 0.198 e. The van der Waals surface area contributed by atoms with Crippen LogP contribution < -0.4 is 4.74 Å². The van der Waals surface area contributed by atoms with Crippen LogP contribution in [0.2, 0.25) is 0 Å². The van der Waals surface area contributed by atoms with Gasteiger partial charge < -0.3 is 4.74 Å². The van der Waals surface area contributed by atoms with Crippen LogP contribution in [-0.4, -0.2) is 11.3 Å². The van der Waals surface area contributed by atoms with Crippen LogP contribution in [0.4, 0.5) is 8.78 Å². The maximum absolute atomic E-state index is 13.5. The summed E-state index contributed by atoms with van der Waals surface area (Å²) in [4.78, 5) is 14.4. The summed E-state index contributed by atoms with van der Waals surface area (Å²) in [6.07, 6.45) is 1.84. The Balaban J connectivity index is 2.37. The summed E-state index contributed by atoms with van der Waals surface area (Å²) in [5.74, 6) is -2.11. The van der Waals surface area contributed by atoms with Crippen molar-refractivity contribution in [2.24, 2.45) is 0 Å². The van der Waals surface area contributed by atoms with Crippen LogP contribution in [0.3, 0.4) is 0 Å². The molecule has 0 aliphatic carbocycles. The van der Waals surface area contributed by atoms with Crippen LogP contribution in [0.1, 0.15) is 16.1 Å². The smallest absolute Gasteiger partial charge is 0.198 e. The van der Waals surface area contributed by atoms with Crippen molar-refractivity contribution in [3.05, 3.63) is 53.4 Å². The molecule has 0 atom stereocenters. The molecule has 1 aromatic heterocycles. The zero-order valence-corrected chi connectivity index (χ0v) is 9.48. The third kappa shape index (κ3) is 2.51. The van der Waals surface area contributed by atoms with Gasteiger partial charge in [0.25, 0.3) is 0 Å². The summed E-state index contributed by atoms with van der Waals surface area (Å²) >= 11 is 0. The standard InChI is InChI=1S/C13H9F2NO2/c1-8-4-10(2-3-16-8)18-13-11(14)5-9(7-17)6-12(13)15/h2-7H,1H3. The molecule has 2 rings (SSSR count). The van der Waals surface area contributed by atoms with Crippen LogP contribution in [0.15, 0.2) is 30.5 Å². The van der Waals surface area contributed by atoms with Crippen LogP contribution in [-0.2, 0) is 0 Å². The molecule has 0 bridgehead atoms. The minimum Gasteiger partial charge on any atom is -0.451 e. The highest BCUT2D eigenvalue weighted by Crippen LogP contribution is 2.28. The van der Waals surface area contributed by atoms with Crippen molar-refractivity contribution in [2.75, 3.05) is 0 Å². The predicted octanol–water partition coefficient (Wildman–Crippen LogP) is 3.27. The lowest BCUT2D eigenvalue weighted by atomic mass is 10.2. The van der Waals surface area contributed by atoms with Crippen LogP contribution in [0.5, 0.6) is 11.5 Å². The molecule has 1 aromatic carbocycles. The number of aldehydes is 1. The Labute approximate surface area is 102 Å². The summed E-state index contributed by atoms with van der Waals surface area (Å²) in [7, 11) is 0. The second-order valence-corrected chi connectivity index (χ2v) is 3.67.